The minimum Gasteiger partial charge on any atom is -0.508 e. The van der Waals surface area contributed by atoms with Crippen molar-refractivity contribution in [2.75, 3.05) is 59.3 Å². The molecule has 0 saturated carbocycles. The van der Waals surface area contributed by atoms with Gasteiger partial charge in [0.1, 0.15) is 42.7 Å². The van der Waals surface area contributed by atoms with Crippen molar-refractivity contribution in [3.05, 3.63) is 112 Å². The number of aromatic hydroxyl groups is 1. The lowest BCUT2D eigenvalue weighted by Gasteiger charge is -2.18. The number of phenolic OH excluding ortho intramolecular Hbond substituents is 1. The number of ketones is 1. The average Bonchev–Trinajstić information content (AvgIpc) is 3.16. The zero-order valence-electron chi connectivity index (χ0n) is 28.7. The minimum atomic E-state index is -0.413. The fourth-order valence-corrected chi connectivity index (χ4v) is 5.32. The quantitative estimate of drug-likeness (QED) is 0.0347. The van der Waals surface area contributed by atoms with Crippen LogP contribution in [0.1, 0.15) is 15.9 Å². The fraction of sp³-hybridized carbons (Fsp3) is 0.225. The molecule has 5 rings (SSSR count). The molecule has 0 atom stereocenters. The number of aldehydes is 1. The second kappa shape index (κ2) is 19.5. The third-order valence-electron chi connectivity index (χ3n) is 7.75. The van der Waals surface area contributed by atoms with Crippen LogP contribution in [0, 0.1) is 0 Å². The van der Waals surface area contributed by atoms with Crippen LogP contribution < -0.4 is 20.8 Å². The maximum atomic E-state index is 13.4. The van der Waals surface area contributed by atoms with Crippen LogP contribution in [0.25, 0.3) is 39.5 Å². The highest BCUT2D eigenvalue weighted by molar-refractivity contribution is 6.10. The number of nitrogens with one attached hydrogen (secondary N) is 2. The van der Waals surface area contributed by atoms with Crippen molar-refractivity contribution >= 4 is 40.9 Å². The summed E-state index contributed by atoms with van der Waals surface area (Å²) in [6, 6.07) is 23.0. The number of Topliss-reactive ketones (excluding diaryl/α,β-unsaturated/α-hetero) is 1. The predicted octanol–water partition coefficient (Wildman–Crippen LogP) is 4.03. The molecule has 2 aliphatic rings. The maximum Gasteiger partial charge on any atom is 0.246 e. The lowest BCUT2D eigenvalue weighted by Crippen LogP contribution is -2.31. The molecule has 3 aromatic carbocycles. The largest absolute Gasteiger partial charge is 0.508 e. The molecule has 0 saturated heterocycles. The van der Waals surface area contributed by atoms with Gasteiger partial charge in [-0.1, -0.05) is 36.4 Å². The molecule has 1 aliphatic heterocycles. The number of fused-ring (bicyclic) bond motifs is 2. The summed E-state index contributed by atoms with van der Waals surface area (Å²) in [6.45, 7) is 0.873. The van der Waals surface area contributed by atoms with Gasteiger partial charge in [0.25, 0.3) is 0 Å². The van der Waals surface area contributed by atoms with E-state index in [4.69, 9.17) is 23.4 Å². The maximum absolute atomic E-state index is 13.4. The monoisotopic (exact) mass is 722 g/mol. The van der Waals surface area contributed by atoms with Gasteiger partial charge in [-0.05, 0) is 53.6 Å². The Morgan fingerprint density at radius 1 is 0.774 bits per heavy atom. The first kappa shape index (κ1) is 38.1. The Morgan fingerprint density at radius 2 is 1.53 bits per heavy atom. The van der Waals surface area contributed by atoms with E-state index in [0.29, 0.717) is 77.4 Å². The summed E-state index contributed by atoms with van der Waals surface area (Å²) < 4.78 is 27.8. The average molecular weight is 723 g/mol. The van der Waals surface area contributed by atoms with Gasteiger partial charge in [-0.3, -0.25) is 24.0 Å². The number of hydrogen-bond acceptors (Lipinski definition) is 11. The van der Waals surface area contributed by atoms with Crippen molar-refractivity contribution < 1.29 is 47.6 Å². The molecule has 2 amide bonds. The Bertz CT molecular complexity index is 2090. The molecule has 1 aliphatic carbocycles. The number of rotatable bonds is 20. The lowest BCUT2D eigenvalue weighted by molar-refractivity contribution is -0.125. The second-order valence-corrected chi connectivity index (χ2v) is 11.5. The Kier molecular flexibility index (Phi) is 14.0. The van der Waals surface area contributed by atoms with Gasteiger partial charge in [-0.2, -0.15) is 0 Å². The highest BCUT2D eigenvalue weighted by Gasteiger charge is 2.22. The van der Waals surface area contributed by atoms with Gasteiger partial charge < -0.3 is 39.1 Å². The van der Waals surface area contributed by atoms with E-state index in [1.54, 1.807) is 66.7 Å². The van der Waals surface area contributed by atoms with Crippen LogP contribution in [0.2, 0.25) is 0 Å². The third kappa shape index (κ3) is 11.2. The van der Waals surface area contributed by atoms with Crippen LogP contribution in [0.15, 0.2) is 100 Å². The number of carbonyl (C=O) groups excluding carboxylic acids is 4. The number of carbonyl (C=O) groups is 4. The van der Waals surface area contributed by atoms with Crippen molar-refractivity contribution in [1.82, 2.24) is 10.6 Å². The van der Waals surface area contributed by atoms with Crippen LogP contribution in [-0.4, -0.2) is 88.3 Å². The normalized spacial score (nSPS) is 11.2. The Balaban J connectivity index is 1.03. The molecule has 13 nitrogen and oxygen atoms in total. The summed E-state index contributed by atoms with van der Waals surface area (Å²) in [7, 11) is 0. The summed E-state index contributed by atoms with van der Waals surface area (Å²) in [5, 5.41) is 15.3. The molecule has 13 heteroatoms. The van der Waals surface area contributed by atoms with Crippen LogP contribution in [0.5, 0.6) is 11.5 Å². The topological polar surface area (TPSA) is 180 Å². The fourth-order valence-electron chi connectivity index (χ4n) is 5.32. The first-order valence-electron chi connectivity index (χ1n) is 16.8. The smallest absolute Gasteiger partial charge is 0.246 e. The molecule has 53 heavy (non-hydrogen) atoms. The Hall–Kier alpha value is -6.15. The number of ether oxygens (including phenoxy) is 4. The molecular formula is C40H38N2O11. The first-order valence-corrected chi connectivity index (χ1v) is 16.8. The van der Waals surface area contributed by atoms with Crippen LogP contribution in [-0.2, 0) is 28.6 Å². The minimum absolute atomic E-state index is 0.135. The van der Waals surface area contributed by atoms with Crippen molar-refractivity contribution in [1.29, 1.82) is 0 Å². The van der Waals surface area contributed by atoms with Gasteiger partial charge in [0, 0.05) is 53.4 Å². The summed E-state index contributed by atoms with van der Waals surface area (Å²) in [6.07, 6.45) is 3.67. The van der Waals surface area contributed by atoms with Gasteiger partial charge in [-0.25, -0.2) is 0 Å². The summed E-state index contributed by atoms with van der Waals surface area (Å²) in [4.78, 5) is 60.6. The van der Waals surface area contributed by atoms with Crippen molar-refractivity contribution in [2.45, 2.75) is 0 Å². The molecular weight excluding hydrogens is 684 g/mol. The van der Waals surface area contributed by atoms with E-state index < -0.39 is 5.91 Å². The van der Waals surface area contributed by atoms with Crippen LogP contribution >= 0.6 is 0 Å². The predicted molar refractivity (Wildman–Crippen MR) is 196 cm³/mol. The summed E-state index contributed by atoms with van der Waals surface area (Å²) in [5.41, 5.74) is 3.16. The zero-order chi connectivity index (χ0) is 37.4. The van der Waals surface area contributed by atoms with E-state index in [1.807, 2.05) is 0 Å². The van der Waals surface area contributed by atoms with Gasteiger partial charge >= 0.3 is 0 Å². The second-order valence-electron chi connectivity index (χ2n) is 11.5. The molecule has 0 spiro atoms. The lowest BCUT2D eigenvalue weighted by atomic mass is 9.89. The SMILES string of the molecule is O=CCOc1ccc2c(-c3ccccc3C(=O)COCC(=O)NCCOCCOCCNC(=O)/C=C/c3ccc(O)cc3)c3ccc(=O)cc-3oc2c1. The Morgan fingerprint density at radius 3 is 2.30 bits per heavy atom. The zero-order valence-corrected chi connectivity index (χ0v) is 28.7. The molecule has 0 bridgehead atoms. The standard InChI is InChI=1S/C40H38N2O11/c43-17-20-52-30-11-13-34-37(24-30)53-36-23-29(45)10-12-33(36)40(34)32-4-2-1-3-31(32)35(46)25-51-26-39(48)42-16-19-50-22-21-49-18-15-41-38(47)14-7-27-5-8-28(44)9-6-27/h1-14,17,23-24,44H,15-16,18-22,25-26H2,(H,41,47)(H,42,48)/b14-7+. The number of amides is 2. The molecule has 0 radical (unpaired) electrons. The highest BCUT2D eigenvalue weighted by Crippen LogP contribution is 2.42. The van der Waals surface area contributed by atoms with E-state index in [0.717, 1.165) is 5.56 Å². The number of benzene rings is 4. The van der Waals surface area contributed by atoms with E-state index >= 15 is 0 Å². The third-order valence-corrected chi connectivity index (χ3v) is 7.75. The van der Waals surface area contributed by atoms with Gasteiger partial charge in [0.2, 0.25) is 11.8 Å². The summed E-state index contributed by atoms with van der Waals surface area (Å²) in [5.74, 6) is -0.155. The van der Waals surface area contributed by atoms with Crippen molar-refractivity contribution in [3.63, 3.8) is 0 Å². The molecule has 1 heterocycles. The summed E-state index contributed by atoms with van der Waals surface area (Å²) >= 11 is 0. The van der Waals surface area contributed by atoms with Crippen LogP contribution in [0.4, 0.5) is 0 Å². The molecule has 3 aromatic rings. The van der Waals surface area contributed by atoms with Gasteiger partial charge in [-0.15, -0.1) is 0 Å². The molecule has 0 fully saturated rings. The molecule has 274 valence electrons. The highest BCUT2D eigenvalue weighted by atomic mass is 16.5. The first-order chi connectivity index (χ1) is 25.8. The van der Waals surface area contributed by atoms with Gasteiger partial charge in [0.05, 0.1) is 26.4 Å². The molecule has 0 aromatic heterocycles. The van der Waals surface area contributed by atoms with Crippen LogP contribution in [0.3, 0.4) is 0 Å². The number of hydrogen-bond donors (Lipinski definition) is 3. The molecule has 0 unspecified atom stereocenters. The van der Waals surface area contributed by atoms with Gasteiger partial charge in [0.15, 0.2) is 17.5 Å². The Labute approximate surface area is 304 Å². The van der Waals surface area contributed by atoms with E-state index in [-0.39, 0.29) is 55.8 Å². The van der Waals surface area contributed by atoms with Crippen molar-refractivity contribution in [2.24, 2.45) is 0 Å². The molecule has 3 N–H and O–H groups in total. The number of phenols is 1. The van der Waals surface area contributed by atoms with E-state index in [9.17, 15) is 29.1 Å². The van der Waals surface area contributed by atoms with E-state index in [1.165, 1.54) is 30.3 Å². The van der Waals surface area contributed by atoms with Crippen molar-refractivity contribution in [3.8, 4) is 33.9 Å². The van der Waals surface area contributed by atoms with E-state index in [2.05, 4.69) is 10.6 Å².